The van der Waals surface area contributed by atoms with Gasteiger partial charge < -0.3 is 10.00 Å². The molecule has 2 aromatic rings. The van der Waals surface area contributed by atoms with E-state index < -0.39 is 8.03 Å². The first-order valence-electron chi connectivity index (χ1n) is 7.15. The Bertz CT molecular complexity index is 690. The fraction of sp³-hybridized carbons (Fsp3) is 0.294. The topological polar surface area (TPSA) is 57.5 Å². The van der Waals surface area contributed by atoms with Gasteiger partial charge in [0.05, 0.1) is 3.57 Å². The quantitative estimate of drug-likeness (QED) is 0.552. The lowest BCUT2D eigenvalue weighted by Crippen LogP contribution is -1.99. The minimum atomic E-state index is -2.40. The number of hydrogen-bond donors (Lipinski definition) is 2. The van der Waals surface area contributed by atoms with Gasteiger partial charge in [0.1, 0.15) is 5.75 Å². The Morgan fingerprint density at radius 1 is 1.09 bits per heavy atom. The molecule has 1 atom stereocenters. The average Bonchev–Trinajstić information content (AvgIpc) is 2.44. The van der Waals surface area contributed by atoms with E-state index >= 15 is 0 Å². The average molecular weight is 430 g/mol. The fourth-order valence-corrected chi connectivity index (χ4v) is 3.70. The Labute approximate surface area is 145 Å². The normalized spacial score (nSPS) is 12.4. The van der Waals surface area contributed by atoms with Crippen LogP contribution in [-0.4, -0.2) is 16.2 Å². The van der Waals surface area contributed by atoms with Crippen molar-refractivity contribution < 1.29 is 14.6 Å². The number of benzene rings is 2. The van der Waals surface area contributed by atoms with Crippen molar-refractivity contribution in [3.63, 3.8) is 0 Å². The number of halogens is 1. The van der Waals surface area contributed by atoms with Gasteiger partial charge in [-0.05, 0) is 89.2 Å². The monoisotopic (exact) mass is 430 g/mol. The van der Waals surface area contributed by atoms with Crippen molar-refractivity contribution in [1.82, 2.24) is 0 Å². The van der Waals surface area contributed by atoms with Crippen LogP contribution in [0, 0.1) is 17.4 Å². The molecule has 0 saturated heterocycles. The number of aryl methyl sites for hydroxylation is 3. The molecule has 2 rings (SSSR count). The molecule has 3 nitrogen and oxygen atoms in total. The molecule has 22 heavy (non-hydrogen) atoms. The van der Waals surface area contributed by atoms with E-state index in [-0.39, 0.29) is 0 Å². The summed E-state index contributed by atoms with van der Waals surface area (Å²) >= 11 is 2.13. The first-order valence-corrected chi connectivity index (χ1v) is 9.79. The van der Waals surface area contributed by atoms with Crippen molar-refractivity contribution in [2.45, 2.75) is 26.7 Å². The maximum Gasteiger partial charge on any atom is 0.189 e. The lowest BCUT2D eigenvalue weighted by molar-refractivity contribution is 0.471. The van der Waals surface area contributed by atoms with E-state index in [9.17, 15) is 9.67 Å². The summed E-state index contributed by atoms with van der Waals surface area (Å²) in [6, 6.07) is 9.90. The molecule has 5 heteroatoms. The second kappa shape index (κ2) is 7.62. The van der Waals surface area contributed by atoms with E-state index in [0.29, 0.717) is 18.3 Å². The van der Waals surface area contributed by atoms with E-state index in [1.807, 2.05) is 12.1 Å². The summed E-state index contributed by atoms with van der Waals surface area (Å²) in [4.78, 5) is 8.98. The molecule has 2 aromatic carbocycles. The van der Waals surface area contributed by atoms with Crippen LogP contribution in [0.4, 0.5) is 0 Å². The molecule has 0 aromatic heterocycles. The SMILES string of the molecule is Cc1cc(CC[PH](=O)O)cc(C)c1Cc1ccc(O)c(I)c1. The van der Waals surface area contributed by atoms with Gasteiger partial charge in [0.15, 0.2) is 8.03 Å². The van der Waals surface area contributed by atoms with Crippen molar-refractivity contribution >= 4 is 30.6 Å². The van der Waals surface area contributed by atoms with Crippen LogP contribution >= 0.6 is 30.6 Å². The Kier molecular flexibility index (Phi) is 6.07. The van der Waals surface area contributed by atoms with Gasteiger partial charge in [0.25, 0.3) is 0 Å². The summed E-state index contributed by atoms with van der Waals surface area (Å²) in [6.07, 6.45) is 1.82. The number of phenolic OH excluding ortho intramolecular Hbond substituents is 1. The van der Waals surface area contributed by atoms with Crippen molar-refractivity contribution in [1.29, 1.82) is 0 Å². The second-order valence-electron chi connectivity index (χ2n) is 5.56. The maximum absolute atomic E-state index is 10.9. The molecule has 0 heterocycles. The van der Waals surface area contributed by atoms with Crippen LogP contribution < -0.4 is 0 Å². The molecule has 0 saturated carbocycles. The second-order valence-corrected chi connectivity index (χ2v) is 8.01. The largest absolute Gasteiger partial charge is 0.507 e. The highest BCUT2D eigenvalue weighted by Crippen LogP contribution is 2.25. The molecule has 1 unspecified atom stereocenters. The molecule has 118 valence electrons. The summed E-state index contributed by atoms with van der Waals surface area (Å²) < 4.78 is 11.7. The fourth-order valence-electron chi connectivity index (χ4n) is 2.62. The molecular weight excluding hydrogens is 410 g/mol. The first-order chi connectivity index (χ1) is 10.4. The predicted octanol–water partition coefficient (Wildman–Crippen LogP) is 4.21. The minimum absolute atomic E-state index is 0.312. The summed E-state index contributed by atoms with van der Waals surface area (Å²) in [5.74, 6) is 0.312. The number of phenols is 1. The minimum Gasteiger partial charge on any atom is -0.507 e. The third kappa shape index (κ3) is 4.58. The Balaban J connectivity index is 2.24. The number of hydrogen-bond acceptors (Lipinski definition) is 2. The van der Waals surface area contributed by atoms with E-state index in [1.54, 1.807) is 6.07 Å². The number of aromatic hydroxyl groups is 1. The zero-order valence-electron chi connectivity index (χ0n) is 12.7. The van der Waals surface area contributed by atoms with Gasteiger partial charge in [-0.2, -0.15) is 0 Å². The van der Waals surface area contributed by atoms with Crippen molar-refractivity contribution in [3.8, 4) is 5.75 Å². The van der Waals surface area contributed by atoms with Gasteiger partial charge >= 0.3 is 0 Å². The van der Waals surface area contributed by atoms with E-state index in [0.717, 1.165) is 15.6 Å². The molecule has 0 fully saturated rings. The summed E-state index contributed by atoms with van der Waals surface area (Å²) in [5, 5.41) is 9.61. The highest BCUT2D eigenvalue weighted by molar-refractivity contribution is 14.1. The summed E-state index contributed by atoms with van der Waals surface area (Å²) in [6.45, 7) is 4.17. The van der Waals surface area contributed by atoms with Gasteiger partial charge in [-0.25, -0.2) is 0 Å². The maximum atomic E-state index is 10.9. The Morgan fingerprint density at radius 2 is 1.73 bits per heavy atom. The van der Waals surface area contributed by atoms with Crippen LogP contribution in [0.5, 0.6) is 5.75 Å². The van der Waals surface area contributed by atoms with Crippen LogP contribution in [0.25, 0.3) is 0 Å². The zero-order chi connectivity index (χ0) is 16.3. The van der Waals surface area contributed by atoms with Crippen molar-refractivity contribution in [2.24, 2.45) is 0 Å². The van der Waals surface area contributed by atoms with Gasteiger partial charge in [-0.3, -0.25) is 4.57 Å². The van der Waals surface area contributed by atoms with Gasteiger partial charge in [0.2, 0.25) is 0 Å². The van der Waals surface area contributed by atoms with Crippen LogP contribution in [0.3, 0.4) is 0 Å². The molecule has 0 aliphatic carbocycles. The highest BCUT2D eigenvalue weighted by atomic mass is 127. The van der Waals surface area contributed by atoms with Gasteiger partial charge in [-0.1, -0.05) is 18.2 Å². The molecule has 0 radical (unpaired) electrons. The zero-order valence-corrected chi connectivity index (χ0v) is 15.8. The van der Waals surface area contributed by atoms with E-state index in [2.05, 4.69) is 48.6 Å². The predicted molar refractivity (Wildman–Crippen MR) is 99.3 cm³/mol. The molecule has 0 aliphatic rings. The highest BCUT2D eigenvalue weighted by Gasteiger charge is 2.08. The van der Waals surface area contributed by atoms with Crippen LogP contribution in [0.2, 0.25) is 0 Å². The smallest absolute Gasteiger partial charge is 0.189 e. The lowest BCUT2D eigenvalue weighted by atomic mass is 9.93. The van der Waals surface area contributed by atoms with Crippen LogP contribution in [0.1, 0.15) is 27.8 Å². The third-order valence-corrected chi connectivity index (χ3v) is 5.32. The third-order valence-electron chi connectivity index (χ3n) is 3.78. The van der Waals surface area contributed by atoms with E-state index in [1.165, 1.54) is 22.3 Å². The molecule has 0 amide bonds. The summed E-state index contributed by atoms with van der Waals surface area (Å²) in [7, 11) is -2.40. The molecular formula is C17H20IO3P. The van der Waals surface area contributed by atoms with Crippen LogP contribution in [-0.2, 0) is 17.4 Å². The molecule has 0 aliphatic heterocycles. The number of rotatable bonds is 5. The van der Waals surface area contributed by atoms with Gasteiger partial charge in [0, 0.05) is 6.16 Å². The Hall–Kier alpha value is -0.840. The Morgan fingerprint density at radius 3 is 2.27 bits per heavy atom. The van der Waals surface area contributed by atoms with E-state index in [4.69, 9.17) is 4.89 Å². The molecule has 2 N–H and O–H groups in total. The standard InChI is InChI=1S/C17H20IO3P/c1-11-7-14(5-6-22(20)21)8-12(2)15(11)9-13-3-4-17(19)16(18)10-13/h3-4,7-8,10,19,22H,5-6,9H2,1-2H3,(H,20,21). The van der Waals surface area contributed by atoms with Crippen LogP contribution in [0.15, 0.2) is 30.3 Å². The first kappa shape index (κ1) is 17.5. The molecule has 0 spiro atoms. The lowest BCUT2D eigenvalue weighted by Gasteiger charge is -2.13. The van der Waals surface area contributed by atoms with Crippen molar-refractivity contribution in [2.75, 3.05) is 6.16 Å². The van der Waals surface area contributed by atoms with Crippen molar-refractivity contribution in [3.05, 3.63) is 61.7 Å². The molecule has 0 bridgehead atoms. The summed E-state index contributed by atoms with van der Waals surface area (Å²) in [5.41, 5.74) is 5.97. The van der Waals surface area contributed by atoms with Gasteiger partial charge in [-0.15, -0.1) is 0 Å².